The average Bonchev–Trinajstić information content (AvgIpc) is 3.19. The van der Waals surface area contributed by atoms with Gasteiger partial charge >= 0.3 is 0 Å². The highest BCUT2D eigenvalue weighted by Gasteiger charge is 2.47. The largest absolute Gasteiger partial charge is 0.507 e. The first-order chi connectivity index (χ1) is 13.7. The lowest BCUT2D eigenvalue weighted by Crippen LogP contribution is -2.32. The first kappa shape index (κ1) is 21.4. The standard InChI is InChI=1S/C21H22Cl2N2O4/c1-12-5-8-16(29-12)18-17(19(26)13-6-7-14(22)15(23)11-13)20(27)21(28)25(18)10-4-9-24(2)3/h5-8,11,18,26H,4,9-10H2,1-3H3/b19-17-. The summed E-state index contributed by atoms with van der Waals surface area (Å²) in [5, 5.41) is 11.5. The lowest BCUT2D eigenvalue weighted by Gasteiger charge is -2.24. The molecular formula is C21H22Cl2N2O4. The van der Waals surface area contributed by atoms with E-state index in [9.17, 15) is 14.7 Å². The molecule has 1 N–H and O–H groups in total. The number of Topliss-reactive ketones (excluding diaryl/α,β-unsaturated/α-hetero) is 1. The summed E-state index contributed by atoms with van der Waals surface area (Å²) < 4.78 is 5.73. The number of carbonyl (C=O) groups is 2. The summed E-state index contributed by atoms with van der Waals surface area (Å²) in [5.41, 5.74) is 0.284. The zero-order valence-corrected chi connectivity index (χ0v) is 17.9. The molecule has 1 fully saturated rings. The summed E-state index contributed by atoms with van der Waals surface area (Å²) in [5.74, 6) is -0.653. The van der Waals surface area contributed by atoms with E-state index in [0.29, 0.717) is 35.1 Å². The van der Waals surface area contributed by atoms with E-state index in [1.54, 1.807) is 25.1 Å². The second kappa shape index (κ2) is 8.61. The number of furan rings is 1. The zero-order chi connectivity index (χ0) is 21.3. The number of hydrogen-bond donors (Lipinski definition) is 1. The first-order valence-corrected chi connectivity index (χ1v) is 9.91. The molecule has 1 aliphatic heterocycles. The number of aliphatic hydroxyl groups excluding tert-OH is 1. The first-order valence-electron chi connectivity index (χ1n) is 9.15. The molecule has 0 aliphatic carbocycles. The lowest BCUT2D eigenvalue weighted by atomic mass is 9.99. The summed E-state index contributed by atoms with van der Waals surface area (Å²) in [4.78, 5) is 29.1. The van der Waals surface area contributed by atoms with Crippen LogP contribution in [0.25, 0.3) is 5.76 Å². The summed E-state index contributed by atoms with van der Waals surface area (Å²) in [6.07, 6.45) is 0.670. The van der Waals surface area contributed by atoms with E-state index in [1.807, 2.05) is 19.0 Å². The van der Waals surface area contributed by atoms with Crippen LogP contribution in [-0.2, 0) is 9.59 Å². The van der Waals surface area contributed by atoms with E-state index in [2.05, 4.69) is 0 Å². The number of rotatable bonds is 6. The highest BCUT2D eigenvalue weighted by atomic mass is 35.5. The third kappa shape index (κ3) is 4.34. The second-order valence-electron chi connectivity index (χ2n) is 7.23. The number of ketones is 1. The Morgan fingerprint density at radius 1 is 1.17 bits per heavy atom. The maximum Gasteiger partial charge on any atom is 0.295 e. The summed E-state index contributed by atoms with van der Waals surface area (Å²) >= 11 is 12.0. The van der Waals surface area contributed by atoms with Crippen LogP contribution in [0.1, 0.15) is 29.5 Å². The van der Waals surface area contributed by atoms with Gasteiger partial charge in [-0.15, -0.1) is 0 Å². The molecule has 2 aromatic rings. The monoisotopic (exact) mass is 436 g/mol. The number of nitrogens with zero attached hydrogens (tertiary/aromatic N) is 2. The van der Waals surface area contributed by atoms with Gasteiger partial charge in [0.25, 0.3) is 11.7 Å². The Morgan fingerprint density at radius 3 is 2.48 bits per heavy atom. The molecule has 1 aromatic carbocycles. The molecule has 1 amide bonds. The molecule has 1 saturated heterocycles. The van der Waals surface area contributed by atoms with Crippen LogP contribution in [0.2, 0.25) is 10.0 Å². The van der Waals surface area contributed by atoms with Crippen molar-refractivity contribution >= 4 is 40.7 Å². The van der Waals surface area contributed by atoms with E-state index < -0.39 is 17.7 Å². The van der Waals surface area contributed by atoms with Crippen molar-refractivity contribution in [1.29, 1.82) is 0 Å². The zero-order valence-electron chi connectivity index (χ0n) is 16.4. The van der Waals surface area contributed by atoms with Crippen LogP contribution in [0.3, 0.4) is 0 Å². The van der Waals surface area contributed by atoms with E-state index in [1.165, 1.54) is 17.0 Å². The summed E-state index contributed by atoms with van der Waals surface area (Å²) in [6.45, 7) is 2.88. The predicted octanol–water partition coefficient (Wildman–Crippen LogP) is 4.27. The van der Waals surface area contributed by atoms with Crippen LogP contribution in [0, 0.1) is 6.92 Å². The molecule has 8 heteroatoms. The second-order valence-corrected chi connectivity index (χ2v) is 8.04. The molecule has 29 heavy (non-hydrogen) atoms. The molecule has 2 heterocycles. The molecule has 3 rings (SSSR count). The van der Waals surface area contributed by atoms with Gasteiger partial charge < -0.3 is 19.3 Å². The van der Waals surface area contributed by atoms with Gasteiger partial charge in [0, 0.05) is 12.1 Å². The van der Waals surface area contributed by atoms with Gasteiger partial charge in [-0.25, -0.2) is 0 Å². The Bertz CT molecular complexity index is 981. The van der Waals surface area contributed by atoms with Crippen molar-refractivity contribution < 1.29 is 19.1 Å². The Hall–Kier alpha value is -2.28. The molecule has 1 unspecified atom stereocenters. The van der Waals surface area contributed by atoms with Gasteiger partial charge in [0.1, 0.15) is 23.3 Å². The summed E-state index contributed by atoms with van der Waals surface area (Å²) in [6, 6.07) is 7.20. The van der Waals surface area contributed by atoms with Gasteiger partial charge in [0.2, 0.25) is 0 Å². The molecule has 0 bridgehead atoms. The maximum absolute atomic E-state index is 12.8. The minimum Gasteiger partial charge on any atom is -0.507 e. The minimum atomic E-state index is -0.805. The third-order valence-electron chi connectivity index (χ3n) is 4.77. The lowest BCUT2D eigenvalue weighted by molar-refractivity contribution is -0.140. The number of aryl methyl sites for hydroxylation is 1. The van der Waals surface area contributed by atoms with Crippen LogP contribution in [0.5, 0.6) is 0 Å². The molecule has 0 radical (unpaired) electrons. The van der Waals surface area contributed by atoms with E-state index in [0.717, 1.165) is 6.54 Å². The van der Waals surface area contributed by atoms with Gasteiger partial charge in [-0.1, -0.05) is 23.2 Å². The molecule has 0 spiro atoms. The quantitative estimate of drug-likeness (QED) is 0.415. The van der Waals surface area contributed by atoms with Crippen LogP contribution in [-0.4, -0.2) is 53.8 Å². The number of benzene rings is 1. The number of hydrogen-bond acceptors (Lipinski definition) is 5. The van der Waals surface area contributed by atoms with Crippen molar-refractivity contribution in [3.05, 3.63) is 63.0 Å². The van der Waals surface area contributed by atoms with E-state index in [4.69, 9.17) is 27.6 Å². The SMILES string of the molecule is Cc1ccc(C2/C(=C(/O)c3ccc(Cl)c(Cl)c3)C(=O)C(=O)N2CCCN(C)C)o1. The fraction of sp³-hybridized carbons (Fsp3) is 0.333. The van der Waals surface area contributed by atoms with Crippen molar-refractivity contribution in [1.82, 2.24) is 9.80 Å². The number of halogens is 2. The minimum absolute atomic E-state index is 0.0207. The van der Waals surface area contributed by atoms with Gasteiger partial charge in [-0.2, -0.15) is 0 Å². The molecule has 154 valence electrons. The summed E-state index contributed by atoms with van der Waals surface area (Å²) in [7, 11) is 3.87. The van der Waals surface area contributed by atoms with Gasteiger partial charge in [-0.3, -0.25) is 9.59 Å². The Labute approximate surface area is 179 Å². The Kier molecular flexibility index (Phi) is 6.36. The average molecular weight is 437 g/mol. The van der Waals surface area contributed by atoms with Gasteiger partial charge in [0.15, 0.2) is 0 Å². The highest BCUT2D eigenvalue weighted by molar-refractivity contribution is 6.46. The van der Waals surface area contributed by atoms with Crippen molar-refractivity contribution in [2.45, 2.75) is 19.4 Å². The molecule has 1 aliphatic rings. The maximum atomic E-state index is 12.8. The topological polar surface area (TPSA) is 74.0 Å². The molecule has 1 aromatic heterocycles. The normalized spacial score (nSPS) is 18.8. The Morgan fingerprint density at radius 2 is 1.90 bits per heavy atom. The van der Waals surface area contributed by atoms with Crippen LogP contribution < -0.4 is 0 Å². The molecule has 1 atom stereocenters. The van der Waals surface area contributed by atoms with Crippen LogP contribution in [0.4, 0.5) is 0 Å². The smallest absolute Gasteiger partial charge is 0.295 e. The molecular weight excluding hydrogens is 415 g/mol. The fourth-order valence-electron chi connectivity index (χ4n) is 3.36. The predicted molar refractivity (Wildman–Crippen MR) is 112 cm³/mol. The van der Waals surface area contributed by atoms with Crippen molar-refractivity contribution in [2.75, 3.05) is 27.2 Å². The molecule has 6 nitrogen and oxygen atoms in total. The van der Waals surface area contributed by atoms with Crippen molar-refractivity contribution in [2.24, 2.45) is 0 Å². The van der Waals surface area contributed by atoms with E-state index >= 15 is 0 Å². The van der Waals surface area contributed by atoms with Gasteiger partial charge in [0.05, 0.1) is 15.6 Å². The van der Waals surface area contributed by atoms with E-state index in [-0.39, 0.29) is 16.4 Å². The van der Waals surface area contributed by atoms with Crippen LogP contribution >= 0.6 is 23.2 Å². The highest BCUT2D eigenvalue weighted by Crippen LogP contribution is 2.40. The van der Waals surface area contributed by atoms with Crippen molar-refractivity contribution in [3.63, 3.8) is 0 Å². The number of carbonyl (C=O) groups excluding carboxylic acids is 2. The third-order valence-corrected chi connectivity index (χ3v) is 5.51. The number of amides is 1. The van der Waals surface area contributed by atoms with Crippen LogP contribution in [0.15, 0.2) is 40.3 Å². The fourth-order valence-corrected chi connectivity index (χ4v) is 3.66. The Balaban J connectivity index is 2.08. The number of aliphatic hydroxyl groups is 1. The number of likely N-dealkylation sites (tertiary alicyclic amines) is 1. The van der Waals surface area contributed by atoms with Gasteiger partial charge in [-0.05, 0) is 64.3 Å². The van der Waals surface area contributed by atoms with Crippen molar-refractivity contribution in [3.8, 4) is 0 Å². The molecule has 0 saturated carbocycles.